The summed E-state index contributed by atoms with van der Waals surface area (Å²) < 4.78 is 11.2. The molecule has 0 bridgehead atoms. The Morgan fingerprint density at radius 2 is 1.86 bits per heavy atom. The summed E-state index contributed by atoms with van der Waals surface area (Å²) in [5.74, 6) is -0.0611. The Morgan fingerprint density at radius 1 is 1.11 bits per heavy atom. The van der Waals surface area contributed by atoms with Crippen LogP contribution in [0.5, 0.6) is 0 Å². The minimum Gasteiger partial charge on any atom is -0.438 e. The van der Waals surface area contributed by atoms with Crippen LogP contribution in [-0.4, -0.2) is 60.1 Å². The molecule has 3 amide bonds. The van der Waals surface area contributed by atoms with Gasteiger partial charge in [-0.2, -0.15) is 0 Å². The van der Waals surface area contributed by atoms with Crippen LogP contribution in [0, 0.1) is 5.92 Å². The third-order valence-corrected chi connectivity index (χ3v) is 6.23. The normalized spacial score (nSPS) is 20.2. The average Bonchev–Trinajstić information content (AvgIpc) is 3.14. The number of cyclic esters (lactones) is 1. The molecule has 2 aliphatic heterocycles. The Morgan fingerprint density at radius 3 is 2.57 bits per heavy atom. The number of benzene rings is 2. The van der Waals surface area contributed by atoms with Gasteiger partial charge in [0.1, 0.15) is 0 Å². The van der Waals surface area contributed by atoms with Gasteiger partial charge in [-0.15, -0.1) is 0 Å². The van der Waals surface area contributed by atoms with Crippen molar-refractivity contribution < 1.29 is 23.9 Å². The number of hydrogen-bond donors (Lipinski definition) is 1. The van der Waals surface area contributed by atoms with Gasteiger partial charge >= 0.3 is 6.09 Å². The highest BCUT2D eigenvalue weighted by atomic mass is 35.5. The number of amides is 3. The van der Waals surface area contributed by atoms with Gasteiger partial charge in [0, 0.05) is 30.2 Å². The lowest BCUT2D eigenvalue weighted by molar-refractivity contribution is -0.141. The molecular formula is C26H30ClN3O5. The van der Waals surface area contributed by atoms with Crippen LogP contribution in [0.2, 0.25) is 5.02 Å². The van der Waals surface area contributed by atoms with Crippen LogP contribution in [0.4, 0.5) is 10.5 Å². The molecule has 2 saturated heterocycles. The van der Waals surface area contributed by atoms with Crippen molar-refractivity contribution in [2.75, 3.05) is 31.6 Å². The van der Waals surface area contributed by atoms with Crippen LogP contribution >= 0.6 is 11.6 Å². The van der Waals surface area contributed by atoms with Gasteiger partial charge in [0.05, 0.1) is 19.8 Å². The van der Waals surface area contributed by atoms with E-state index in [2.05, 4.69) is 5.32 Å². The number of carbonyl (C=O) groups is 3. The number of ether oxygens (including phenoxy) is 2. The second kappa shape index (κ2) is 11.1. The molecule has 0 aromatic heterocycles. The van der Waals surface area contributed by atoms with Gasteiger partial charge in [-0.1, -0.05) is 49.7 Å². The van der Waals surface area contributed by atoms with E-state index in [0.29, 0.717) is 49.0 Å². The fourth-order valence-electron chi connectivity index (χ4n) is 4.37. The molecule has 0 aliphatic carbocycles. The van der Waals surface area contributed by atoms with Gasteiger partial charge in [-0.25, -0.2) is 4.79 Å². The van der Waals surface area contributed by atoms with Crippen molar-refractivity contribution in [1.29, 1.82) is 0 Å². The molecule has 2 aliphatic rings. The first-order valence-corrected chi connectivity index (χ1v) is 12.2. The predicted octanol–water partition coefficient (Wildman–Crippen LogP) is 4.25. The zero-order chi connectivity index (χ0) is 24.9. The fourth-order valence-corrected chi connectivity index (χ4v) is 4.59. The van der Waals surface area contributed by atoms with Gasteiger partial charge in [0.15, 0.2) is 12.1 Å². The van der Waals surface area contributed by atoms with Gasteiger partial charge in [-0.3, -0.25) is 14.5 Å². The maximum Gasteiger partial charge on any atom is 0.411 e. The van der Waals surface area contributed by atoms with Crippen LogP contribution < -0.4 is 5.32 Å². The maximum absolute atomic E-state index is 13.7. The molecular weight excluding hydrogens is 470 g/mol. The largest absolute Gasteiger partial charge is 0.438 e. The molecule has 2 fully saturated rings. The summed E-state index contributed by atoms with van der Waals surface area (Å²) in [6.45, 7) is 5.93. The maximum atomic E-state index is 13.7. The SMILES string of the molecule is CC(C)CC(=O)Nc1cccc(C2OC(=O)N(Cc3cccc(Cl)c3)C2C(=O)N2CCOCC2)c1. The molecule has 186 valence electrons. The first kappa shape index (κ1) is 25.0. The Hall–Kier alpha value is -3.10. The van der Waals surface area contributed by atoms with Crippen LogP contribution in [0.1, 0.15) is 37.5 Å². The van der Waals surface area contributed by atoms with E-state index in [0.717, 1.165) is 5.56 Å². The van der Waals surface area contributed by atoms with Gasteiger partial charge in [-0.05, 0) is 41.3 Å². The zero-order valence-corrected chi connectivity index (χ0v) is 20.7. The Balaban J connectivity index is 1.63. The number of anilines is 1. The number of nitrogens with one attached hydrogen (secondary N) is 1. The monoisotopic (exact) mass is 499 g/mol. The molecule has 4 rings (SSSR count). The van der Waals surface area contributed by atoms with E-state index in [1.165, 1.54) is 4.90 Å². The molecule has 2 aromatic carbocycles. The summed E-state index contributed by atoms with van der Waals surface area (Å²) in [5, 5.41) is 3.44. The predicted molar refractivity (Wildman–Crippen MR) is 132 cm³/mol. The summed E-state index contributed by atoms with van der Waals surface area (Å²) in [6.07, 6.45) is -0.997. The lowest BCUT2D eigenvalue weighted by Gasteiger charge is -2.33. The number of morpholine rings is 1. The molecule has 1 N–H and O–H groups in total. The number of rotatable bonds is 7. The van der Waals surface area contributed by atoms with E-state index < -0.39 is 18.2 Å². The van der Waals surface area contributed by atoms with E-state index in [9.17, 15) is 14.4 Å². The smallest absolute Gasteiger partial charge is 0.411 e. The van der Waals surface area contributed by atoms with Crippen molar-refractivity contribution in [1.82, 2.24) is 9.80 Å². The van der Waals surface area contributed by atoms with E-state index >= 15 is 0 Å². The first-order chi connectivity index (χ1) is 16.8. The molecule has 0 spiro atoms. The van der Waals surface area contributed by atoms with E-state index in [1.54, 1.807) is 47.4 Å². The highest BCUT2D eigenvalue weighted by molar-refractivity contribution is 6.30. The standard InChI is InChI=1S/C26H30ClN3O5/c1-17(2)13-22(31)28-21-8-4-6-19(15-21)24-23(25(32)29-9-11-34-12-10-29)30(26(33)35-24)16-18-5-3-7-20(27)14-18/h3-8,14-15,17,23-24H,9-13,16H2,1-2H3,(H,28,31). The van der Waals surface area contributed by atoms with Crippen molar-refractivity contribution in [2.24, 2.45) is 5.92 Å². The third-order valence-electron chi connectivity index (χ3n) is 6.00. The van der Waals surface area contributed by atoms with Crippen molar-refractivity contribution in [2.45, 2.75) is 39.0 Å². The van der Waals surface area contributed by atoms with Crippen molar-refractivity contribution in [3.8, 4) is 0 Å². The van der Waals surface area contributed by atoms with Crippen molar-refractivity contribution in [3.05, 3.63) is 64.7 Å². The van der Waals surface area contributed by atoms with Crippen molar-refractivity contribution in [3.63, 3.8) is 0 Å². The first-order valence-electron chi connectivity index (χ1n) is 11.8. The Kier molecular flexibility index (Phi) is 7.93. The number of halogens is 1. The van der Waals surface area contributed by atoms with Gasteiger partial charge in [0.25, 0.3) is 0 Å². The lowest BCUT2D eigenvalue weighted by atomic mass is 9.99. The van der Waals surface area contributed by atoms with Crippen LogP contribution in [-0.2, 0) is 25.6 Å². The molecule has 8 nitrogen and oxygen atoms in total. The fraction of sp³-hybridized carbons (Fsp3) is 0.423. The lowest BCUT2D eigenvalue weighted by Crippen LogP contribution is -2.51. The van der Waals surface area contributed by atoms with Gasteiger partial charge in [0.2, 0.25) is 11.8 Å². The quantitative estimate of drug-likeness (QED) is 0.615. The number of carbonyl (C=O) groups excluding carboxylic acids is 3. The molecule has 2 unspecified atom stereocenters. The highest BCUT2D eigenvalue weighted by Gasteiger charge is 2.48. The molecule has 9 heteroatoms. The molecule has 2 aromatic rings. The second-order valence-corrected chi connectivity index (χ2v) is 9.65. The van der Waals surface area contributed by atoms with Crippen LogP contribution in [0.25, 0.3) is 0 Å². The summed E-state index contributed by atoms with van der Waals surface area (Å²) in [7, 11) is 0. The van der Waals surface area contributed by atoms with Crippen molar-refractivity contribution >= 4 is 35.2 Å². The highest BCUT2D eigenvalue weighted by Crippen LogP contribution is 2.36. The summed E-state index contributed by atoms with van der Waals surface area (Å²) in [5.41, 5.74) is 2.03. The summed E-state index contributed by atoms with van der Waals surface area (Å²) in [6, 6.07) is 13.4. The second-order valence-electron chi connectivity index (χ2n) is 9.22. The number of hydrogen-bond acceptors (Lipinski definition) is 5. The minimum absolute atomic E-state index is 0.0934. The Bertz CT molecular complexity index is 1090. The van der Waals surface area contributed by atoms with Crippen LogP contribution in [0.3, 0.4) is 0 Å². The molecule has 0 radical (unpaired) electrons. The molecule has 2 atom stereocenters. The van der Waals surface area contributed by atoms with Crippen LogP contribution in [0.15, 0.2) is 48.5 Å². The summed E-state index contributed by atoms with van der Waals surface area (Å²) in [4.78, 5) is 42.2. The Labute approximate surface area is 210 Å². The third kappa shape index (κ3) is 6.13. The van der Waals surface area contributed by atoms with Gasteiger partial charge < -0.3 is 19.7 Å². The van der Waals surface area contributed by atoms with E-state index in [1.807, 2.05) is 19.9 Å². The number of nitrogens with zero attached hydrogens (tertiary/aromatic N) is 2. The average molecular weight is 500 g/mol. The molecule has 2 heterocycles. The topological polar surface area (TPSA) is 88.2 Å². The summed E-state index contributed by atoms with van der Waals surface area (Å²) >= 11 is 6.14. The minimum atomic E-state index is -0.860. The molecule has 35 heavy (non-hydrogen) atoms. The van der Waals surface area contributed by atoms with E-state index in [4.69, 9.17) is 21.1 Å². The zero-order valence-electron chi connectivity index (χ0n) is 19.9. The molecule has 0 saturated carbocycles. The van der Waals surface area contributed by atoms with E-state index in [-0.39, 0.29) is 24.3 Å².